The maximum Gasteiger partial charge on any atom is 0.421 e. The molecular weight excluding hydrogens is 498 g/mol. The number of hydrogen-bond donors (Lipinski definition) is 1. The molecule has 1 aliphatic rings. The molecule has 34 heavy (non-hydrogen) atoms. The van der Waals surface area contributed by atoms with Crippen molar-refractivity contribution in [1.29, 1.82) is 0 Å². The molecule has 0 bridgehead atoms. The number of benzene rings is 1. The van der Waals surface area contributed by atoms with E-state index in [9.17, 15) is 13.2 Å². The highest BCUT2D eigenvalue weighted by atomic mass is 35.5. The zero-order valence-electron chi connectivity index (χ0n) is 18.9. The van der Waals surface area contributed by atoms with Gasteiger partial charge in [0.2, 0.25) is 5.28 Å². The fourth-order valence-electron chi connectivity index (χ4n) is 3.68. The molecule has 1 unspecified atom stereocenters. The molecule has 2 aromatic heterocycles. The fourth-order valence-corrected chi connectivity index (χ4v) is 6.68. The summed E-state index contributed by atoms with van der Waals surface area (Å²) in [5.41, 5.74) is 2.29. The Hall–Kier alpha value is -2.40. The Morgan fingerprint density at radius 1 is 1.35 bits per heavy atom. The first-order valence-electron chi connectivity index (χ1n) is 10.9. The minimum Gasteiger partial charge on any atom is -0.443 e. The SMILES string of the molecule is CC(C)Cc1cc(-c2ccc(Cn3ccnc3Cl)cc2)c(S(=O)(=O)NC(=O)OC2CCOC2)s1. The number of nitrogens with zero attached hydrogens (tertiary/aromatic N) is 2. The summed E-state index contributed by atoms with van der Waals surface area (Å²) in [6.45, 7) is 5.45. The summed E-state index contributed by atoms with van der Waals surface area (Å²) in [5, 5.41) is 0.399. The van der Waals surface area contributed by atoms with Crippen LogP contribution < -0.4 is 4.72 Å². The van der Waals surface area contributed by atoms with Crippen LogP contribution in [0.2, 0.25) is 5.28 Å². The van der Waals surface area contributed by atoms with Crippen molar-refractivity contribution < 1.29 is 22.7 Å². The number of imidazole rings is 1. The predicted molar refractivity (Wildman–Crippen MR) is 131 cm³/mol. The number of carbonyl (C=O) groups excluding carboxylic acids is 1. The van der Waals surface area contributed by atoms with Crippen molar-refractivity contribution >= 4 is 39.1 Å². The van der Waals surface area contributed by atoms with Gasteiger partial charge in [-0.3, -0.25) is 0 Å². The molecular formula is C23H26ClN3O5S2. The molecule has 1 saturated heterocycles. The highest BCUT2D eigenvalue weighted by Crippen LogP contribution is 2.36. The van der Waals surface area contributed by atoms with Crippen molar-refractivity contribution in [2.45, 2.75) is 43.5 Å². The molecule has 11 heteroatoms. The summed E-state index contributed by atoms with van der Waals surface area (Å²) < 4.78 is 40.7. The summed E-state index contributed by atoms with van der Waals surface area (Å²) in [7, 11) is -4.13. The number of sulfonamides is 1. The van der Waals surface area contributed by atoms with E-state index >= 15 is 0 Å². The lowest BCUT2D eigenvalue weighted by Gasteiger charge is -2.12. The maximum atomic E-state index is 13.2. The Morgan fingerprint density at radius 2 is 2.12 bits per heavy atom. The average molecular weight is 524 g/mol. The van der Waals surface area contributed by atoms with Crippen molar-refractivity contribution in [2.24, 2.45) is 5.92 Å². The summed E-state index contributed by atoms with van der Waals surface area (Å²) >= 11 is 7.23. The standard InChI is InChI=1S/C23H26ClN3O5S2/c1-15(2)11-19-12-20(17-5-3-16(4-6-17)13-27-9-8-25-22(27)24)21(33-19)34(29,30)26-23(28)32-18-7-10-31-14-18/h3-6,8-9,12,15,18H,7,10-11,13-14H2,1-2H3,(H,26,28). The van der Waals surface area contributed by atoms with Gasteiger partial charge in [0.1, 0.15) is 10.3 Å². The van der Waals surface area contributed by atoms with E-state index in [0.29, 0.717) is 36.3 Å². The lowest BCUT2D eigenvalue weighted by molar-refractivity contribution is 0.0872. The number of thiophene rings is 1. The second-order valence-corrected chi connectivity index (χ2v) is 11.9. The topological polar surface area (TPSA) is 99.5 Å². The monoisotopic (exact) mass is 523 g/mol. The second kappa shape index (κ2) is 10.5. The van der Waals surface area contributed by atoms with Crippen LogP contribution in [-0.2, 0) is 32.5 Å². The van der Waals surface area contributed by atoms with Gasteiger partial charge >= 0.3 is 6.09 Å². The van der Waals surface area contributed by atoms with E-state index < -0.39 is 22.2 Å². The van der Waals surface area contributed by atoms with Gasteiger partial charge in [0.15, 0.2) is 0 Å². The second-order valence-electron chi connectivity index (χ2n) is 8.53. The van der Waals surface area contributed by atoms with Gasteiger partial charge in [-0.2, -0.15) is 0 Å². The van der Waals surface area contributed by atoms with Gasteiger partial charge in [0, 0.05) is 35.8 Å². The van der Waals surface area contributed by atoms with E-state index in [2.05, 4.69) is 23.6 Å². The average Bonchev–Trinajstić information content (AvgIpc) is 3.51. The van der Waals surface area contributed by atoms with E-state index in [1.54, 1.807) is 12.4 Å². The minimum atomic E-state index is -4.13. The van der Waals surface area contributed by atoms with E-state index in [-0.39, 0.29) is 10.8 Å². The molecule has 0 saturated carbocycles. The first-order chi connectivity index (χ1) is 16.2. The molecule has 3 heterocycles. The molecule has 1 aromatic carbocycles. The normalized spacial score (nSPS) is 16.2. The van der Waals surface area contributed by atoms with Crippen LogP contribution in [0.4, 0.5) is 4.79 Å². The van der Waals surface area contributed by atoms with Crippen LogP contribution in [0.5, 0.6) is 0 Å². The number of carbonyl (C=O) groups is 1. The number of nitrogens with one attached hydrogen (secondary N) is 1. The van der Waals surface area contributed by atoms with Crippen LogP contribution in [-0.4, -0.2) is 43.4 Å². The molecule has 1 N–H and O–H groups in total. The molecule has 182 valence electrons. The fraction of sp³-hybridized carbons (Fsp3) is 0.391. The highest BCUT2D eigenvalue weighted by molar-refractivity contribution is 7.92. The van der Waals surface area contributed by atoms with Gasteiger partial charge < -0.3 is 14.0 Å². The van der Waals surface area contributed by atoms with Crippen LogP contribution in [0.1, 0.15) is 30.7 Å². The van der Waals surface area contributed by atoms with Gasteiger partial charge in [-0.25, -0.2) is 22.9 Å². The Balaban J connectivity index is 1.59. The zero-order valence-corrected chi connectivity index (χ0v) is 21.3. The molecule has 4 rings (SSSR count). The number of ether oxygens (including phenoxy) is 2. The van der Waals surface area contributed by atoms with E-state index in [1.807, 2.05) is 34.9 Å². The van der Waals surface area contributed by atoms with Gasteiger partial charge in [-0.15, -0.1) is 11.3 Å². The van der Waals surface area contributed by atoms with Crippen LogP contribution in [0.15, 0.2) is 46.9 Å². The van der Waals surface area contributed by atoms with Crippen molar-refractivity contribution in [2.75, 3.05) is 13.2 Å². The number of aromatic nitrogens is 2. The minimum absolute atomic E-state index is 0.0909. The van der Waals surface area contributed by atoms with E-state index in [0.717, 1.165) is 22.4 Å². The molecule has 0 radical (unpaired) electrons. The molecule has 1 fully saturated rings. The lowest BCUT2D eigenvalue weighted by Crippen LogP contribution is -2.34. The summed E-state index contributed by atoms with van der Waals surface area (Å²) in [5.74, 6) is 0.352. The molecule has 1 atom stereocenters. The molecule has 1 amide bonds. The van der Waals surface area contributed by atoms with Crippen molar-refractivity contribution in [3.63, 3.8) is 0 Å². The van der Waals surface area contributed by atoms with Crippen LogP contribution >= 0.6 is 22.9 Å². The Labute approximate surface area is 207 Å². The Morgan fingerprint density at radius 3 is 2.74 bits per heavy atom. The molecule has 0 aliphatic carbocycles. The summed E-state index contributed by atoms with van der Waals surface area (Å²) in [6, 6.07) is 9.47. The first kappa shape index (κ1) is 24.7. The maximum absolute atomic E-state index is 13.2. The number of halogens is 1. The van der Waals surface area contributed by atoms with Crippen LogP contribution in [0.25, 0.3) is 11.1 Å². The van der Waals surface area contributed by atoms with Crippen LogP contribution in [0.3, 0.4) is 0 Å². The van der Waals surface area contributed by atoms with Crippen LogP contribution in [0, 0.1) is 5.92 Å². The summed E-state index contributed by atoms with van der Waals surface area (Å²) in [6.07, 6.45) is 3.27. The Bertz CT molecular complexity index is 1250. The molecule has 0 spiro atoms. The number of hydrogen-bond acceptors (Lipinski definition) is 7. The molecule has 3 aromatic rings. The molecule has 1 aliphatic heterocycles. The van der Waals surface area contributed by atoms with Gasteiger partial charge in [-0.1, -0.05) is 38.1 Å². The van der Waals surface area contributed by atoms with Crippen molar-refractivity contribution in [1.82, 2.24) is 14.3 Å². The lowest BCUT2D eigenvalue weighted by atomic mass is 10.0. The zero-order chi connectivity index (χ0) is 24.3. The predicted octanol–water partition coefficient (Wildman–Crippen LogP) is 4.72. The van der Waals surface area contributed by atoms with Gasteiger partial charge in [0.05, 0.1) is 13.2 Å². The third-order valence-electron chi connectivity index (χ3n) is 5.26. The van der Waals surface area contributed by atoms with E-state index in [4.69, 9.17) is 21.1 Å². The first-order valence-corrected chi connectivity index (χ1v) is 13.6. The number of amides is 1. The summed E-state index contributed by atoms with van der Waals surface area (Å²) in [4.78, 5) is 17.2. The van der Waals surface area contributed by atoms with E-state index in [1.165, 1.54) is 11.3 Å². The Kier molecular flexibility index (Phi) is 7.61. The largest absolute Gasteiger partial charge is 0.443 e. The smallest absolute Gasteiger partial charge is 0.421 e. The highest BCUT2D eigenvalue weighted by Gasteiger charge is 2.28. The third kappa shape index (κ3) is 5.99. The van der Waals surface area contributed by atoms with Gasteiger partial charge in [-0.05, 0) is 41.1 Å². The van der Waals surface area contributed by atoms with Crippen molar-refractivity contribution in [3.8, 4) is 11.1 Å². The number of rotatable bonds is 8. The quantitative estimate of drug-likeness (QED) is 0.459. The molecule has 8 nitrogen and oxygen atoms in total. The van der Waals surface area contributed by atoms with Gasteiger partial charge in [0.25, 0.3) is 10.0 Å². The third-order valence-corrected chi connectivity index (χ3v) is 8.58. The van der Waals surface area contributed by atoms with Crippen molar-refractivity contribution in [3.05, 3.63) is 58.4 Å².